The van der Waals surface area contributed by atoms with Crippen molar-refractivity contribution in [3.8, 4) is 0 Å². The van der Waals surface area contributed by atoms with Gasteiger partial charge in [0.1, 0.15) is 5.25 Å². The Bertz CT molecular complexity index is 512. The minimum Gasteiger partial charge on any atom is -0.454 e. The minimum absolute atomic E-state index is 0.184. The number of ether oxygens (including phenoxy) is 2. The molecule has 0 bridgehead atoms. The molecule has 5 heteroatoms. The van der Waals surface area contributed by atoms with Gasteiger partial charge in [0.2, 0.25) is 0 Å². The lowest BCUT2D eigenvalue weighted by atomic mass is 10.2. The lowest BCUT2D eigenvalue weighted by molar-refractivity contribution is -0.145. The number of benzene rings is 1. The minimum atomic E-state index is -0.363. The van der Waals surface area contributed by atoms with Crippen LogP contribution in [-0.2, 0) is 14.3 Å². The zero-order valence-corrected chi connectivity index (χ0v) is 12.0. The molecule has 0 radical (unpaired) electrons. The largest absolute Gasteiger partial charge is 0.454 e. The van der Waals surface area contributed by atoms with Crippen LogP contribution < -0.4 is 0 Å². The molecule has 2 aliphatic rings. The lowest BCUT2D eigenvalue weighted by Gasteiger charge is -2.21. The Kier molecular flexibility index (Phi) is 3.70. The van der Waals surface area contributed by atoms with E-state index < -0.39 is 0 Å². The molecular weight excluding hydrogens is 276 g/mol. The molecule has 0 spiro atoms. The molecule has 0 N–H and O–H groups in total. The number of esters is 2. The quantitative estimate of drug-likeness (QED) is 0.798. The van der Waals surface area contributed by atoms with Crippen LogP contribution >= 0.6 is 11.8 Å². The van der Waals surface area contributed by atoms with Gasteiger partial charge in [0.05, 0.1) is 5.56 Å². The van der Waals surface area contributed by atoms with Crippen LogP contribution in [0.4, 0.5) is 0 Å². The molecule has 1 aromatic carbocycles. The van der Waals surface area contributed by atoms with Gasteiger partial charge in [-0.2, -0.15) is 0 Å². The second kappa shape index (κ2) is 5.48. The van der Waals surface area contributed by atoms with E-state index >= 15 is 0 Å². The van der Waals surface area contributed by atoms with Crippen molar-refractivity contribution in [1.82, 2.24) is 0 Å². The summed E-state index contributed by atoms with van der Waals surface area (Å²) in [5.74, 6) is -0.252. The van der Waals surface area contributed by atoms with Crippen molar-refractivity contribution in [2.75, 3.05) is 0 Å². The van der Waals surface area contributed by atoms with Gasteiger partial charge in [-0.05, 0) is 31.9 Å². The number of carbonyl (C=O) groups excluding carboxylic acids is 2. The van der Waals surface area contributed by atoms with Crippen LogP contribution in [0.1, 0.15) is 30.1 Å². The second-order valence-corrected chi connectivity index (χ2v) is 6.60. The highest BCUT2D eigenvalue weighted by atomic mass is 32.2. The molecule has 4 nitrogen and oxygen atoms in total. The molecule has 106 valence electrons. The molecule has 1 saturated heterocycles. The fraction of sp³-hybridized carbons (Fsp3) is 0.467. The SMILES string of the molecule is C[C@@H]1S[C@@H](C(OC(=O)c2ccccc2)C2CC2)OC1=O. The predicted octanol–water partition coefficient (Wildman–Crippen LogP) is 2.63. The van der Waals surface area contributed by atoms with Gasteiger partial charge in [-0.1, -0.05) is 30.0 Å². The molecular formula is C15H16O4S. The summed E-state index contributed by atoms with van der Waals surface area (Å²) >= 11 is 1.44. The van der Waals surface area contributed by atoms with E-state index in [0.29, 0.717) is 11.5 Å². The third kappa shape index (κ3) is 2.82. The Morgan fingerprint density at radius 1 is 1.35 bits per heavy atom. The molecule has 1 aliphatic carbocycles. The Morgan fingerprint density at radius 2 is 2.05 bits per heavy atom. The first-order valence-corrected chi connectivity index (χ1v) is 7.71. The monoisotopic (exact) mass is 292 g/mol. The molecule has 1 heterocycles. The summed E-state index contributed by atoms with van der Waals surface area (Å²) in [4.78, 5) is 23.6. The summed E-state index contributed by atoms with van der Waals surface area (Å²) in [6.07, 6.45) is 1.72. The molecule has 20 heavy (non-hydrogen) atoms. The number of hydrogen-bond donors (Lipinski definition) is 0. The first-order valence-electron chi connectivity index (χ1n) is 6.77. The average Bonchev–Trinajstić information content (AvgIpc) is 3.24. The Hall–Kier alpha value is -1.49. The molecule has 1 saturated carbocycles. The van der Waals surface area contributed by atoms with Crippen LogP contribution in [0.2, 0.25) is 0 Å². The number of cyclic esters (lactones) is 1. The van der Waals surface area contributed by atoms with E-state index in [9.17, 15) is 9.59 Å². The van der Waals surface area contributed by atoms with Gasteiger partial charge in [0.25, 0.3) is 0 Å². The van der Waals surface area contributed by atoms with Gasteiger partial charge < -0.3 is 9.47 Å². The molecule has 1 unspecified atom stereocenters. The number of thioether (sulfide) groups is 1. The average molecular weight is 292 g/mol. The fourth-order valence-corrected chi connectivity index (χ4v) is 3.36. The summed E-state index contributed by atoms with van der Waals surface area (Å²) in [7, 11) is 0. The van der Waals surface area contributed by atoms with E-state index in [4.69, 9.17) is 9.47 Å². The van der Waals surface area contributed by atoms with Gasteiger partial charge in [0, 0.05) is 5.92 Å². The Balaban J connectivity index is 1.69. The molecule has 3 atom stereocenters. The van der Waals surface area contributed by atoms with Crippen LogP contribution in [0.3, 0.4) is 0 Å². The van der Waals surface area contributed by atoms with Gasteiger partial charge in [-0.15, -0.1) is 0 Å². The molecule has 0 aromatic heterocycles. The lowest BCUT2D eigenvalue weighted by Crippen LogP contribution is -2.31. The molecule has 3 rings (SSSR count). The smallest absolute Gasteiger partial charge is 0.338 e. The maximum atomic E-state index is 12.1. The van der Waals surface area contributed by atoms with Gasteiger partial charge in [-0.3, -0.25) is 4.79 Å². The molecule has 1 aromatic rings. The van der Waals surface area contributed by atoms with Crippen molar-refractivity contribution in [2.24, 2.45) is 5.92 Å². The van der Waals surface area contributed by atoms with E-state index in [2.05, 4.69) is 0 Å². The summed E-state index contributed by atoms with van der Waals surface area (Å²) in [6, 6.07) is 8.90. The maximum absolute atomic E-state index is 12.1. The predicted molar refractivity (Wildman–Crippen MR) is 75.3 cm³/mol. The van der Waals surface area contributed by atoms with E-state index in [1.807, 2.05) is 13.0 Å². The molecule has 0 amide bonds. The van der Waals surface area contributed by atoms with Crippen LogP contribution in [-0.4, -0.2) is 28.7 Å². The van der Waals surface area contributed by atoms with E-state index in [-0.39, 0.29) is 28.7 Å². The van der Waals surface area contributed by atoms with Crippen LogP contribution in [0.5, 0.6) is 0 Å². The molecule has 2 fully saturated rings. The highest BCUT2D eigenvalue weighted by molar-refractivity contribution is 8.01. The summed E-state index contributed by atoms with van der Waals surface area (Å²) in [5, 5.41) is -0.184. The Labute approximate surface area is 121 Å². The van der Waals surface area contributed by atoms with Crippen molar-refractivity contribution in [3.05, 3.63) is 35.9 Å². The first-order chi connectivity index (χ1) is 9.65. The van der Waals surface area contributed by atoms with Gasteiger partial charge >= 0.3 is 11.9 Å². The van der Waals surface area contributed by atoms with Gasteiger partial charge in [0.15, 0.2) is 11.5 Å². The highest BCUT2D eigenvalue weighted by Gasteiger charge is 2.46. The van der Waals surface area contributed by atoms with E-state index in [0.717, 1.165) is 12.8 Å². The van der Waals surface area contributed by atoms with Crippen LogP contribution in [0.25, 0.3) is 0 Å². The number of rotatable bonds is 4. The third-order valence-corrected chi connectivity index (χ3v) is 4.74. The van der Waals surface area contributed by atoms with Crippen molar-refractivity contribution in [2.45, 2.75) is 36.6 Å². The summed E-state index contributed by atoms with van der Waals surface area (Å²) in [6.45, 7) is 1.82. The van der Waals surface area contributed by atoms with E-state index in [1.54, 1.807) is 24.3 Å². The second-order valence-electron chi connectivity index (χ2n) is 5.16. The van der Waals surface area contributed by atoms with Crippen molar-refractivity contribution in [1.29, 1.82) is 0 Å². The number of carbonyl (C=O) groups is 2. The van der Waals surface area contributed by atoms with E-state index in [1.165, 1.54) is 11.8 Å². The first kappa shape index (κ1) is 13.5. The fourth-order valence-electron chi connectivity index (χ4n) is 2.20. The zero-order chi connectivity index (χ0) is 14.1. The standard InChI is InChI=1S/C15H16O4S/c1-9-13(16)19-15(20-9)12(10-7-8-10)18-14(17)11-5-3-2-4-6-11/h2-6,9-10,12,15H,7-8H2,1H3/t9-,12?,15-/m0/s1. The van der Waals surface area contributed by atoms with Crippen molar-refractivity contribution < 1.29 is 19.1 Å². The highest BCUT2D eigenvalue weighted by Crippen LogP contribution is 2.43. The third-order valence-electron chi connectivity index (χ3n) is 3.51. The van der Waals surface area contributed by atoms with Crippen LogP contribution in [0.15, 0.2) is 30.3 Å². The normalized spacial score (nSPS) is 26.9. The van der Waals surface area contributed by atoms with Crippen molar-refractivity contribution >= 4 is 23.7 Å². The van der Waals surface area contributed by atoms with Crippen LogP contribution in [0, 0.1) is 5.92 Å². The Morgan fingerprint density at radius 3 is 2.60 bits per heavy atom. The van der Waals surface area contributed by atoms with Crippen molar-refractivity contribution in [3.63, 3.8) is 0 Å². The van der Waals surface area contributed by atoms with Gasteiger partial charge in [-0.25, -0.2) is 4.79 Å². The zero-order valence-electron chi connectivity index (χ0n) is 11.2. The maximum Gasteiger partial charge on any atom is 0.338 e. The summed E-state index contributed by atoms with van der Waals surface area (Å²) < 4.78 is 10.9. The topological polar surface area (TPSA) is 52.6 Å². The number of hydrogen-bond acceptors (Lipinski definition) is 5. The summed E-state index contributed by atoms with van der Waals surface area (Å²) in [5.41, 5.74) is 0.165. The molecule has 1 aliphatic heterocycles.